The van der Waals surface area contributed by atoms with Crippen LogP contribution in [-0.4, -0.2) is 43.0 Å². The minimum Gasteiger partial charge on any atom is -0.465 e. The average Bonchev–Trinajstić information content (AvgIpc) is 2.69. The number of piperidine rings is 1. The van der Waals surface area contributed by atoms with E-state index in [0.29, 0.717) is 11.1 Å². The van der Waals surface area contributed by atoms with Crippen molar-refractivity contribution in [2.45, 2.75) is 25.4 Å². The number of esters is 1. The van der Waals surface area contributed by atoms with E-state index in [2.05, 4.69) is 34.5 Å². The Kier molecular flexibility index (Phi) is 6.02. The number of rotatable bonds is 5. The van der Waals surface area contributed by atoms with E-state index in [0.717, 1.165) is 32.5 Å². The molecule has 0 aliphatic carbocycles. The van der Waals surface area contributed by atoms with Crippen molar-refractivity contribution in [1.29, 1.82) is 0 Å². The molecule has 0 radical (unpaired) electrons. The first-order chi connectivity index (χ1) is 12.7. The van der Waals surface area contributed by atoms with Crippen molar-refractivity contribution < 1.29 is 14.3 Å². The van der Waals surface area contributed by atoms with E-state index in [1.165, 1.54) is 12.7 Å². The number of amides is 1. The zero-order chi connectivity index (χ0) is 18.4. The summed E-state index contributed by atoms with van der Waals surface area (Å²) in [6.45, 7) is 2.87. The molecule has 0 unspecified atom stereocenters. The van der Waals surface area contributed by atoms with Crippen LogP contribution in [0.3, 0.4) is 0 Å². The predicted molar refractivity (Wildman–Crippen MR) is 100.0 cm³/mol. The standard InChI is InChI=1S/C21H24N2O3/c1-26-21(25)18-9-5-8-17(14-18)20(24)22-19-10-12-23(13-11-19)15-16-6-3-2-4-7-16/h2-9,14,19H,10-13,15H2,1H3,(H,22,24). The van der Waals surface area contributed by atoms with Crippen LogP contribution in [0.1, 0.15) is 39.1 Å². The van der Waals surface area contributed by atoms with Gasteiger partial charge in [0.2, 0.25) is 0 Å². The number of hydrogen-bond acceptors (Lipinski definition) is 4. The Morgan fingerprint density at radius 3 is 2.42 bits per heavy atom. The molecule has 0 atom stereocenters. The molecule has 1 heterocycles. The second-order valence-electron chi connectivity index (χ2n) is 6.58. The van der Waals surface area contributed by atoms with Crippen molar-refractivity contribution in [2.24, 2.45) is 0 Å². The fraction of sp³-hybridized carbons (Fsp3) is 0.333. The maximum Gasteiger partial charge on any atom is 0.337 e. The van der Waals surface area contributed by atoms with Gasteiger partial charge in [-0.25, -0.2) is 4.79 Å². The van der Waals surface area contributed by atoms with Crippen LogP contribution in [0.25, 0.3) is 0 Å². The average molecular weight is 352 g/mol. The Balaban J connectivity index is 1.51. The highest BCUT2D eigenvalue weighted by Crippen LogP contribution is 2.15. The molecule has 0 spiro atoms. The number of benzene rings is 2. The first-order valence-corrected chi connectivity index (χ1v) is 8.91. The molecule has 0 saturated carbocycles. The molecular weight excluding hydrogens is 328 g/mol. The van der Waals surface area contributed by atoms with Gasteiger partial charge in [-0.2, -0.15) is 0 Å². The topological polar surface area (TPSA) is 58.6 Å². The van der Waals surface area contributed by atoms with Gasteiger partial charge < -0.3 is 10.1 Å². The Bertz CT molecular complexity index is 753. The van der Waals surface area contributed by atoms with E-state index >= 15 is 0 Å². The Morgan fingerprint density at radius 2 is 1.73 bits per heavy atom. The molecule has 5 nitrogen and oxygen atoms in total. The molecule has 3 rings (SSSR count). The number of nitrogens with zero attached hydrogens (tertiary/aromatic N) is 1. The van der Waals surface area contributed by atoms with Crippen LogP contribution in [0.4, 0.5) is 0 Å². The van der Waals surface area contributed by atoms with E-state index in [9.17, 15) is 9.59 Å². The molecule has 2 aromatic rings. The van der Waals surface area contributed by atoms with Crippen molar-refractivity contribution in [3.05, 3.63) is 71.3 Å². The Labute approximate surface area is 154 Å². The molecule has 1 aliphatic rings. The monoisotopic (exact) mass is 352 g/mol. The van der Waals surface area contributed by atoms with Crippen molar-refractivity contribution in [2.75, 3.05) is 20.2 Å². The second-order valence-corrected chi connectivity index (χ2v) is 6.58. The largest absolute Gasteiger partial charge is 0.465 e. The van der Waals surface area contributed by atoms with Gasteiger partial charge in [-0.3, -0.25) is 9.69 Å². The SMILES string of the molecule is COC(=O)c1cccc(C(=O)NC2CCN(Cc3ccccc3)CC2)c1. The maximum atomic E-state index is 12.5. The highest BCUT2D eigenvalue weighted by atomic mass is 16.5. The van der Waals surface area contributed by atoms with Crippen molar-refractivity contribution in [3.8, 4) is 0 Å². The van der Waals surface area contributed by atoms with E-state index in [1.807, 2.05) is 6.07 Å². The third-order valence-corrected chi connectivity index (χ3v) is 4.72. The zero-order valence-electron chi connectivity index (χ0n) is 15.0. The molecular formula is C21H24N2O3. The lowest BCUT2D eigenvalue weighted by Crippen LogP contribution is -2.44. The lowest BCUT2D eigenvalue weighted by atomic mass is 10.0. The van der Waals surface area contributed by atoms with E-state index in [-0.39, 0.29) is 11.9 Å². The molecule has 1 amide bonds. The third-order valence-electron chi connectivity index (χ3n) is 4.72. The molecule has 1 saturated heterocycles. The summed E-state index contributed by atoms with van der Waals surface area (Å²) in [5, 5.41) is 3.09. The zero-order valence-corrected chi connectivity index (χ0v) is 15.0. The molecule has 1 fully saturated rings. The van der Waals surface area contributed by atoms with Crippen LogP contribution in [0.2, 0.25) is 0 Å². The van der Waals surface area contributed by atoms with Crippen LogP contribution < -0.4 is 5.32 Å². The highest BCUT2D eigenvalue weighted by molar-refractivity contribution is 5.98. The molecule has 2 aromatic carbocycles. The van der Waals surface area contributed by atoms with Gasteiger partial charge in [0.1, 0.15) is 0 Å². The predicted octanol–water partition coefficient (Wildman–Crippen LogP) is 2.87. The molecule has 1 N–H and O–H groups in total. The number of carbonyl (C=O) groups is 2. The van der Waals surface area contributed by atoms with Gasteiger partial charge in [0.25, 0.3) is 5.91 Å². The number of nitrogens with one attached hydrogen (secondary N) is 1. The number of hydrogen-bond donors (Lipinski definition) is 1. The molecule has 136 valence electrons. The summed E-state index contributed by atoms with van der Waals surface area (Å²) < 4.78 is 4.71. The minimum absolute atomic E-state index is 0.141. The molecule has 26 heavy (non-hydrogen) atoms. The smallest absolute Gasteiger partial charge is 0.337 e. The summed E-state index contributed by atoms with van der Waals surface area (Å²) in [4.78, 5) is 26.5. The van der Waals surface area contributed by atoms with Crippen molar-refractivity contribution in [3.63, 3.8) is 0 Å². The van der Waals surface area contributed by atoms with Crippen LogP contribution in [0.15, 0.2) is 54.6 Å². The molecule has 0 bridgehead atoms. The first kappa shape index (κ1) is 18.1. The number of methoxy groups -OCH3 is 1. The van der Waals surface area contributed by atoms with Crippen molar-refractivity contribution >= 4 is 11.9 Å². The van der Waals surface area contributed by atoms with Crippen molar-refractivity contribution in [1.82, 2.24) is 10.2 Å². The summed E-state index contributed by atoms with van der Waals surface area (Å²) in [7, 11) is 1.33. The highest BCUT2D eigenvalue weighted by Gasteiger charge is 2.21. The quantitative estimate of drug-likeness (QED) is 0.841. The summed E-state index contributed by atoms with van der Waals surface area (Å²) >= 11 is 0. The van der Waals surface area contributed by atoms with Gasteiger partial charge in [-0.05, 0) is 36.6 Å². The molecule has 5 heteroatoms. The minimum atomic E-state index is -0.436. The Morgan fingerprint density at radius 1 is 1.04 bits per heavy atom. The summed E-state index contributed by atoms with van der Waals surface area (Å²) in [5.74, 6) is -0.578. The normalized spacial score (nSPS) is 15.4. The van der Waals surface area contributed by atoms with Crippen LogP contribution >= 0.6 is 0 Å². The van der Waals surface area contributed by atoms with Gasteiger partial charge in [0.05, 0.1) is 12.7 Å². The van der Waals surface area contributed by atoms with E-state index < -0.39 is 5.97 Å². The third kappa shape index (κ3) is 4.70. The van der Waals surface area contributed by atoms with E-state index in [1.54, 1.807) is 24.3 Å². The molecule has 0 aromatic heterocycles. The second kappa shape index (κ2) is 8.63. The lowest BCUT2D eigenvalue weighted by Gasteiger charge is -2.32. The fourth-order valence-corrected chi connectivity index (χ4v) is 3.25. The maximum absolute atomic E-state index is 12.5. The molecule has 1 aliphatic heterocycles. The van der Waals surface area contributed by atoms with Crippen LogP contribution in [-0.2, 0) is 11.3 Å². The number of carbonyl (C=O) groups excluding carboxylic acids is 2. The first-order valence-electron chi connectivity index (χ1n) is 8.91. The van der Waals surface area contributed by atoms with Gasteiger partial charge in [-0.1, -0.05) is 36.4 Å². The van der Waals surface area contributed by atoms with Gasteiger partial charge >= 0.3 is 5.97 Å². The summed E-state index contributed by atoms with van der Waals surface area (Å²) in [5.41, 5.74) is 2.19. The summed E-state index contributed by atoms with van der Waals surface area (Å²) in [6, 6.07) is 17.2. The van der Waals surface area contributed by atoms with Gasteiger partial charge in [-0.15, -0.1) is 0 Å². The lowest BCUT2D eigenvalue weighted by molar-refractivity contribution is 0.0600. The van der Waals surface area contributed by atoms with Crippen LogP contribution in [0.5, 0.6) is 0 Å². The van der Waals surface area contributed by atoms with Gasteiger partial charge in [0.15, 0.2) is 0 Å². The Hall–Kier alpha value is -2.66. The van der Waals surface area contributed by atoms with Crippen LogP contribution in [0, 0.1) is 0 Å². The number of ether oxygens (including phenoxy) is 1. The van der Waals surface area contributed by atoms with Gasteiger partial charge in [0, 0.05) is 31.2 Å². The number of likely N-dealkylation sites (tertiary alicyclic amines) is 1. The van der Waals surface area contributed by atoms with E-state index in [4.69, 9.17) is 4.74 Å². The fourth-order valence-electron chi connectivity index (χ4n) is 3.25. The summed E-state index contributed by atoms with van der Waals surface area (Å²) in [6.07, 6.45) is 1.85.